The summed E-state index contributed by atoms with van der Waals surface area (Å²) in [6.07, 6.45) is 6.99. The Kier molecular flexibility index (Phi) is 6.72. The van der Waals surface area contributed by atoms with Gasteiger partial charge >= 0.3 is 0 Å². The predicted molar refractivity (Wildman–Crippen MR) is 93.9 cm³/mol. The number of nitrogens with zero attached hydrogens (tertiary/aromatic N) is 1. The van der Waals surface area contributed by atoms with Gasteiger partial charge in [0.25, 0.3) is 0 Å². The van der Waals surface area contributed by atoms with E-state index in [1.54, 1.807) is 5.56 Å². The minimum Gasteiger partial charge on any atom is -0.315 e. The van der Waals surface area contributed by atoms with Gasteiger partial charge in [0.05, 0.1) is 0 Å². The molecule has 1 aliphatic carbocycles. The van der Waals surface area contributed by atoms with Gasteiger partial charge in [0.1, 0.15) is 0 Å². The number of nitrogens with one attached hydrogen (secondary N) is 1. The summed E-state index contributed by atoms with van der Waals surface area (Å²) in [7, 11) is 2.03. The highest BCUT2D eigenvalue weighted by atomic mass is 32.1. The lowest BCUT2D eigenvalue weighted by Gasteiger charge is -2.29. The van der Waals surface area contributed by atoms with Crippen molar-refractivity contribution < 1.29 is 0 Å². The van der Waals surface area contributed by atoms with Gasteiger partial charge in [0.2, 0.25) is 0 Å². The third kappa shape index (κ3) is 5.08. The minimum absolute atomic E-state index is 0.803. The Hall–Kier alpha value is -0.380. The molecule has 1 N–H and O–H groups in total. The molecule has 0 aliphatic heterocycles. The number of hydrogen-bond acceptors (Lipinski definition) is 3. The van der Waals surface area contributed by atoms with Crippen LogP contribution in [0.15, 0.2) is 6.07 Å². The van der Waals surface area contributed by atoms with Crippen LogP contribution >= 0.6 is 11.3 Å². The van der Waals surface area contributed by atoms with Crippen LogP contribution in [0, 0.1) is 12.8 Å². The van der Waals surface area contributed by atoms with Gasteiger partial charge in [-0.15, -0.1) is 11.3 Å². The molecule has 0 bridgehead atoms. The molecule has 0 radical (unpaired) electrons. The molecule has 1 fully saturated rings. The summed E-state index contributed by atoms with van der Waals surface area (Å²) in [6.45, 7) is 10.4. The van der Waals surface area contributed by atoms with Crippen molar-refractivity contribution in [3.05, 3.63) is 21.4 Å². The summed E-state index contributed by atoms with van der Waals surface area (Å²) < 4.78 is 0. The molecule has 0 saturated heterocycles. The first-order valence-electron chi connectivity index (χ1n) is 8.57. The highest BCUT2D eigenvalue weighted by Crippen LogP contribution is 2.28. The smallest absolute Gasteiger partial charge is 0.0296 e. The molecule has 1 aromatic heterocycles. The molecule has 21 heavy (non-hydrogen) atoms. The number of rotatable bonds is 8. The second kappa shape index (κ2) is 8.30. The van der Waals surface area contributed by atoms with Gasteiger partial charge in [0.15, 0.2) is 0 Å². The molecular weight excluding hydrogens is 276 g/mol. The van der Waals surface area contributed by atoms with E-state index in [9.17, 15) is 0 Å². The number of thiophene rings is 1. The average Bonchev–Trinajstić information content (AvgIpc) is 3.05. The van der Waals surface area contributed by atoms with E-state index >= 15 is 0 Å². The van der Waals surface area contributed by atoms with Crippen LogP contribution in [0.5, 0.6) is 0 Å². The van der Waals surface area contributed by atoms with Crippen molar-refractivity contribution in [1.82, 2.24) is 10.2 Å². The first-order valence-corrected chi connectivity index (χ1v) is 9.38. The first kappa shape index (κ1) is 17.0. The summed E-state index contributed by atoms with van der Waals surface area (Å²) in [4.78, 5) is 5.75. The van der Waals surface area contributed by atoms with Crippen molar-refractivity contribution in [2.45, 2.75) is 72.0 Å². The fraction of sp³-hybridized carbons (Fsp3) is 0.778. The zero-order chi connectivity index (χ0) is 15.2. The maximum Gasteiger partial charge on any atom is 0.0296 e. The molecule has 3 heteroatoms. The quantitative estimate of drug-likeness (QED) is 0.757. The van der Waals surface area contributed by atoms with Crippen LogP contribution in [0.1, 0.15) is 61.3 Å². The van der Waals surface area contributed by atoms with Crippen LogP contribution in [-0.2, 0) is 13.1 Å². The molecule has 2 rings (SSSR count). The Morgan fingerprint density at radius 2 is 2.05 bits per heavy atom. The highest BCUT2D eigenvalue weighted by molar-refractivity contribution is 7.12. The topological polar surface area (TPSA) is 15.3 Å². The normalized spacial score (nSPS) is 16.5. The van der Waals surface area contributed by atoms with Gasteiger partial charge in [-0.1, -0.05) is 26.7 Å². The Balaban J connectivity index is 2.02. The molecule has 1 aliphatic rings. The van der Waals surface area contributed by atoms with E-state index in [0.717, 1.165) is 25.0 Å². The van der Waals surface area contributed by atoms with E-state index in [4.69, 9.17) is 0 Å². The molecule has 1 heterocycles. The number of aryl methyl sites for hydroxylation is 1. The van der Waals surface area contributed by atoms with Gasteiger partial charge in [-0.3, -0.25) is 4.90 Å². The van der Waals surface area contributed by atoms with E-state index in [1.165, 1.54) is 48.4 Å². The molecule has 1 saturated carbocycles. The Morgan fingerprint density at radius 3 is 2.67 bits per heavy atom. The molecule has 0 amide bonds. The van der Waals surface area contributed by atoms with Gasteiger partial charge in [0, 0.05) is 28.9 Å². The summed E-state index contributed by atoms with van der Waals surface area (Å²) in [5.41, 5.74) is 1.56. The van der Waals surface area contributed by atoms with E-state index in [0.29, 0.717) is 0 Å². The number of hydrogen-bond donors (Lipinski definition) is 1. The largest absolute Gasteiger partial charge is 0.315 e. The lowest BCUT2D eigenvalue weighted by Crippen LogP contribution is -2.34. The molecule has 1 aromatic rings. The zero-order valence-corrected chi connectivity index (χ0v) is 15.1. The lowest BCUT2D eigenvalue weighted by atomic mass is 10.1. The van der Waals surface area contributed by atoms with Crippen molar-refractivity contribution in [3.63, 3.8) is 0 Å². The van der Waals surface area contributed by atoms with Crippen molar-refractivity contribution >= 4 is 11.3 Å². The highest BCUT2D eigenvalue weighted by Gasteiger charge is 2.23. The maximum absolute atomic E-state index is 3.27. The second-order valence-corrected chi connectivity index (χ2v) is 8.26. The lowest BCUT2D eigenvalue weighted by molar-refractivity contribution is 0.179. The van der Waals surface area contributed by atoms with Crippen LogP contribution in [-0.4, -0.2) is 24.5 Å². The molecule has 0 unspecified atom stereocenters. The van der Waals surface area contributed by atoms with E-state index in [1.807, 2.05) is 18.4 Å². The SMILES string of the molecule is CNCc1cc(CN(CCC(C)C)C2CCCC2)c(C)s1. The molecule has 0 spiro atoms. The summed E-state index contributed by atoms with van der Waals surface area (Å²) in [5, 5.41) is 3.27. The second-order valence-electron chi connectivity index (χ2n) is 6.92. The van der Waals surface area contributed by atoms with Crippen LogP contribution in [0.3, 0.4) is 0 Å². The van der Waals surface area contributed by atoms with E-state index < -0.39 is 0 Å². The van der Waals surface area contributed by atoms with Crippen molar-refractivity contribution in [1.29, 1.82) is 0 Å². The van der Waals surface area contributed by atoms with Gasteiger partial charge in [-0.05, 0) is 57.3 Å². The van der Waals surface area contributed by atoms with Gasteiger partial charge < -0.3 is 5.32 Å². The van der Waals surface area contributed by atoms with Crippen LogP contribution in [0.2, 0.25) is 0 Å². The molecule has 120 valence electrons. The fourth-order valence-electron chi connectivity index (χ4n) is 3.31. The molecule has 0 atom stereocenters. The van der Waals surface area contributed by atoms with E-state index in [2.05, 4.69) is 37.1 Å². The van der Waals surface area contributed by atoms with Crippen LogP contribution in [0.25, 0.3) is 0 Å². The Bertz CT molecular complexity index is 419. The minimum atomic E-state index is 0.803. The van der Waals surface area contributed by atoms with Crippen molar-refractivity contribution in [2.24, 2.45) is 5.92 Å². The van der Waals surface area contributed by atoms with Crippen LogP contribution in [0.4, 0.5) is 0 Å². The van der Waals surface area contributed by atoms with Crippen molar-refractivity contribution in [2.75, 3.05) is 13.6 Å². The Labute approximate surface area is 134 Å². The van der Waals surface area contributed by atoms with Gasteiger partial charge in [-0.25, -0.2) is 0 Å². The van der Waals surface area contributed by atoms with Gasteiger partial charge in [-0.2, -0.15) is 0 Å². The maximum atomic E-state index is 3.27. The first-order chi connectivity index (χ1) is 10.1. The summed E-state index contributed by atoms with van der Waals surface area (Å²) in [6, 6.07) is 3.25. The predicted octanol–water partition coefficient (Wildman–Crippen LogP) is 4.57. The zero-order valence-electron chi connectivity index (χ0n) is 14.2. The Morgan fingerprint density at radius 1 is 1.33 bits per heavy atom. The third-order valence-electron chi connectivity index (χ3n) is 4.63. The molecular formula is C18H32N2S. The summed E-state index contributed by atoms with van der Waals surface area (Å²) >= 11 is 1.96. The molecule has 2 nitrogen and oxygen atoms in total. The van der Waals surface area contributed by atoms with Crippen molar-refractivity contribution in [3.8, 4) is 0 Å². The standard InChI is InChI=1S/C18H32N2S/c1-14(2)9-10-20(17-7-5-6-8-17)13-16-11-18(12-19-4)21-15(16)3/h11,14,17,19H,5-10,12-13H2,1-4H3. The third-order valence-corrected chi connectivity index (χ3v) is 5.72. The fourth-order valence-corrected chi connectivity index (χ4v) is 4.37. The average molecular weight is 309 g/mol. The van der Waals surface area contributed by atoms with E-state index in [-0.39, 0.29) is 0 Å². The molecule has 0 aromatic carbocycles. The monoisotopic (exact) mass is 308 g/mol. The van der Waals surface area contributed by atoms with Crippen LogP contribution < -0.4 is 5.32 Å². The summed E-state index contributed by atoms with van der Waals surface area (Å²) in [5.74, 6) is 0.803.